The second-order valence-electron chi connectivity index (χ2n) is 5.99. The van der Waals surface area contributed by atoms with E-state index in [9.17, 15) is 20.0 Å². The number of rotatable bonds is 7. The van der Waals surface area contributed by atoms with Gasteiger partial charge in [0, 0.05) is 11.6 Å². The fourth-order valence-electron chi connectivity index (χ4n) is 3.03. The number of aromatic nitrogens is 1. The Balaban J connectivity index is 2.32. The topological polar surface area (TPSA) is 124 Å². The van der Waals surface area contributed by atoms with Crippen molar-refractivity contribution in [1.29, 1.82) is 0 Å². The Kier molecular flexibility index (Phi) is 5.40. The highest BCUT2D eigenvalue weighted by atomic mass is 16.6. The zero-order valence-electron chi connectivity index (χ0n) is 15.9. The molecule has 1 heterocycles. The quantitative estimate of drug-likeness (QED) is 0.456. The summed E-state index contributed by atoms with van der Waals surface area (Å²) in [6, 6.07) is 11.1. The number of aromatic carboxylic acids is 1. The molecule has 0 aliphatic rings. The number of nitro groups is 1. The minimum atomic E-state index is -1.32. The molecule has 0 aliphatic heterocycles. The van der Waals surface area contributed by atoms with Crippen molar-refractivity contribution in [3.63, 3.8) is 0 Å². The van der Waals surface area contributed by atoms with Crippen LogP contribution in [0, 0.1) is 10.1 Å². The number of nitrogens with zero attached hydrogens (tertiary/aromatic N) is 1. The smallest absolute Gasteiger partial charge is 0.353 e. The van der Waals surface area contributed by atoms with Gasteiger partial charge in [0.2, 0.25) is 0 Å². The molecule has 2 N–H and O–H groups in total. The van der Waals surface area contributed by atoms with Crippen molar-refractivity contribution in [2.45, 2.75) is 0 Å². The Hall–Kier alpha value is -4.01. The second kappa shape index (κ2) is 7.93. The number of carboxylic acid groups (broad SMARTS) is 1. The molecule has 0 spiro atoms. The predicted octanol–water partition coefficient (Wildman–Crippen LogP) is 3.98. The molecule has 9 nitrogen and oxygen atoms in total. The Morgan fingerprint density at radius 1 is 0.931 bits per heavy atom. The molecule has 150 valence electrons. The third kappa shape index (κ3) is 3.70. The van der Waals surface area contributed by atoms with Gasteiger partial charge >= 0.3 is 11.7 Å². The number of methoxy groups -OCH3 is 3. The highest BCUT2D eigenvalue weighted by molar-refractivity contribution is 6.01. The summed E-state index contributed by atoms with van der Waals surface area (Å²) in [6.45, 7) is 0. The van der Waals surface area contributed by atoms with Crippen molar-refractivity contribution in [2.24, 2.45) is 0 Å². The maximum Gasteiger partial charge on any atom is 0.353 e. The molecule has 0 aliphatic carbocycles. The lowest BCUT2D eigenvalue weighted by Gasteiger charge is -2.07. The molecule has 3 aromatic rings. The second-order valence-corrected chi connectivity index (χ2v) is 5.99. The molecular weight excluding hydrogens is 380 g/mol. The van der Waals surface area contributed by atoms with Crippen molar-refractivity contribution in [2.75, 3.05) is 21.3 Å². The number of H-pyrrole nitrogens is 1. The minimum Gasteiger partial charge on any atom is -0.497 e. The van der Waals surface area contributed by atoms with Gasteiger partial charge in [-0.15, -0.1) is 0 Å². The van der Waals surface area contributed by atoms with Crippen LogP contribution in [0.5, 0.6) is 17.2 Å². The first-order chi connectivity index (χ1) is 13.9. The standard InChI is InChI=1S/C20H18N2O7/c1-27-13-6-4-11(5-7-13)16-18(20(23)24)21-17(19(16)22(25)26)12-8-14(28-2)10-15(9-12)29-3/h4-10,21H,1-3H3,(H,23,24). The van der Waals surface area contributed by atoms with Crippen molar-refractivity contribution >= 4 is 11.7 Å². The Labute approximate surface area is 165 Å². The van der Waals surface area contributed by atoms with E-state index in [0.29, 0.717) is 28.4 Å². The average molecular weight is 398 g/mol. The number of hydrogen-bond donors (Lipinski definition) is 2. The molecule has 0 saturated carbocycles. The van der Waals surface area contributed by atoms with Crippen LogP contribution in [0.3, 0.4) is 0 Å². The van der Waals surface area contributed by atoms with E-state index >= 15 is 0 Å². The lowest BCUT2D eigenvalue weighted by atomic mass is 10.0. The van der Waals surface area contributed by atoms with Gasteiger partial charge in [-0.25, -0.2) is 4.79 Å². The van der Waals surface area contributed by atoms with Crippen LogP contribution in [0.2, 0.25) is 0 Å². The number of hydrogen-bond acceptors (Lipinski definition) is 6. The third-order valence-corrected chi connectivity index (χ3v) is 4.39. The lowest BCUT2D eigenvalue weighted by molar-refractivity contribution is -0.383. The van der Waals surface area contributed by atoms with Crippen molar-refractivity contribution < 1.29 is 29.0 Å². The first-order valence-corrected chi connectivity index (χ1v) is 8.41. The summed E-state index contributed by atoms with van der Waals surface area (Å²) in [4.78, 5) is 25.9. The zero-order chi connectivity index (χ0) is 21.1. The number of carbonyl (C=O) groups is 1. The molecular formula is C20H18N2O7. The van der Waals surface area contributed by atoms with Crippen molar-refractivity contribution in [1.82, 2.24) is 4.98 Å². The van der Waals surface area contributed by atoms with Gasteiger partial charge < -0.3 is 24.3 Å². The number of aromatic amines is 1. The summed E-state index contributed by atoms with van der Waals surface area (Å²) < 4.78 is 15.5. The van der Waals surface area contributed by atoms with E-state index in [2.05, 4.69) is 4.98 Å². The van der Waals surface area contributed by atoms with E-state index in [1.165, 1.54) is 21.3 Å². The highest BCUT2D eigenvalue weighted by Gasteiger charge is 2.32. The number of ether oxygens (including phenoxy) is 3. The fourth-order valence-corrected chi connectivity index (χ4v) is 3.03. The number of carboxylic acids is 1. The molecule has 3 rings (SSSR count). The van der Waals surface area contributed by atoms with Crippen LogP contribution in [0.4, 0.5) is 5.69 Å². The van der Waals surface area contributed by atoms with Crippen LogP contribution in [0.15, 0.2) is 42.5 Å². The van der Waals surface area contributed by atoms with Crippen molar-refractivity contribution in [3.05, 3.63) is 58.3 Å². The van der Waals surface area contributed by atoms with Crippen LogP contribution in [0.25, 0.3) is 22.4 Å². The van der Waals surface area contributed by atoms with Crippen LogP contribution in [0.1, 0.15) is 10.5 Å². The maximum absolute atomic E-state index is 12.0. The van der Waals surface area contributed by atoms with E-state index in [1.807, 2.05) is 0 Å². The molecule has 0 saturated heterocycles. The minimum absolute atomic E-state index is 0.0260. The van der Waals surface area contributed by atoms with Gasteiger partial charge in [0.15, 0.2) is 0 Å². The largest absolute Gasteiger partial charge is 0.497 e. The predicted molar refractivity (Wildman–Crippen MR) is 105 cm³/mol. The molecule has 0 fully saturated rings. The molecule has 0 bridgehead atoms. The van der Waals surface area contributed by atoms with Gasteiger partial charge in [-0.3, -0.25) is 10.1 Å². The summed E-state index contributed by atoms with van der Waals surface area (Å²) in [5, 5.41) is 21.6. The van der Waals surface area contributed by atoms with Crippen LogP contribution < -0.4 is 14.2 Å². The van der Waals surface area contributed by atoms with Gasteiger partial charge in [0.05, 0.1) is 31.8 Å². The number of benzene rings is 2. The summed E-state index contributed by atoms with van der Waals surface area (Å²) in [5.74, 6) is 0.0406. The first-order valence-electron chi connectivity index (χ1n) is 8.41. The van der Waals surface area contributed by atoms with Crippen LogP contribution in [-0.4, -0.2) is 42.3 Å². The molecule has 0 atom stereocenters. The first kappa shape index (κ1) is 19.7. The Morgan fingerprint density at radius 2 is 1.48 bits per heavy atom. The molecule has 0 radical (unpaired) electrons. The normalized spacial score (nSPS) is 10.4. The lowest BCUT2D eigenvalue weighted by Crippen LogP contribution is -1.99. The monoisotopic (exact) mass is 398 g/mol. The van der Waals surface area contributed by atoms with Gasteiger partial charge in [-0.05, 0) is 29.8 Å². The van der Waals surface area contributed by atoms with E-state index in [-0.39, 0.29) is 22.6 Å². The van der Waals surface area contributed by atoms with Crippen LogP contribution >= 0.6 is 0 Å². The van der Waals surface area contributed by atoms with E-state index in [1.54, 1.807) is 42.5 Å². The highest BCUT2D eigenvalue weighted by Crippen LogP contribution is 2.43. The molecule has 9 heteroatoms. The van der Waals surface area contributed by atoms with Gasteiger partial charge in [0.25, 0.3) is 0 Å². The number of nitrogens with one attached hydrogen (secondary N) is 1. The summed E-state index contributed by atoms with van der Waals surface area (Å²) >= 11 is 0. The molecule has 1 aromatic heterocycles. The van der Waals surface area contributed by atoms with Gasteiger partial charge in [0.1, 0.15) is 28.6 Å². The molecule has 0 amide bonds. The summed E-state index contributed by atoms with van der Waals surface area (Å²) in [5.41, 5.74) is 0.0845. The average Bonchev–Trinajstić information content (AvgIpc) is 3.14. The van der Waals surface area contributed by atoms with E-state index < -0.39 is 10.9 Å². The third-order valence-electron chi connectivity index (χ3n) is 4.39. The molecule has 0 unspecified atom stereocenters. The zero-order valence-corrected chi connectivity index (χ0v) is 15.9. The van der Waals surface area contributed by atoms with Gasteiger partial charge in [-0.1, -0.05) is 12.1 Å². The summed E-state index contributed by atoms with van der Waals surface area (Å²) in [7, 11) is 4.39. The van der Waals surface area contributed by atoms with Gasteiger partial charge in [-0.2, -0.15) is 0 Å². The maximum atomic E-state index is 12.0. The Bertz CT molecular complexity index is 1050. The van der Waals surface area contributed by atoms with E-state index in [4.69, 9.17) is 14.2 Å². The molecule has 29 heavy (non-hydrogen) atoms. The fraction of sp³-hybridized carbons (Fsp3) is 0.150. The van der Waals surface area contributed by atoms with E-state index in [0.717, 1.165) is 0 Å². The van der Waals surface area contributed by atoms with Crippen molar-refractivity contribution in [3.8, 4) is 39.6 Å². The van der Waals surface area contributed by atoms with Crippen LogP contribution in [-0.2, 0) is 0 Å². The molecule has 2 aromatic carbocycles. The summed E-state index contributed by atoms with van der Waals surface area (Å²) in [6.07, 6.45) is 0. The SMILES string of the molecule is COc1ccc(-c2c(C(=O)O)[nH]c(-c3cc(OC)cc(OC)c3)c2[N+](=O)[O-])cc1. The Morgan fingerprint density at radius 3 is 1.93 bits per heavy atom.